The Morgan fingerprint density at radius 3 is 2.71 bits per heavy atom. The van der Waals surface area contributed by atoms with E-state index in [1.54, 1.807) is 11.3 Å². The fraction of sp³-hybridized carbons (Fsp3) is 0.778. The second-order valence-electron chi connectivity index (χ2n) is 7.62. The highest BCUT2D eigenvalue weighted by Crippen LogP contribution is 2.38. The average molecular weight is 349 g/mol. The Labute approximate surface area is 148 Å². The minimum Gasteiger partial charge on any atom is -0.331 e. The summed E-state index contributed by atoms with van der Waals surface area (Å²) in [6, 6.07) is 0.300. The van der Waals surface area contributed by atoms with Crippen molar-refractivity contribution in [1.29, 1.82) is 0 Å². The molecule has 0 spiro atoms. The van der Waals surface area contributed by atoms with Crippen molar-refractivity contribution in [2.75, 3.05) is 26.2 Å². The van der Waals surface area contributed by atoms with E-state index in [0.29, 0.717) is 0 Å². The molecule has 5 nitrogen and oxygen atoms in total. The topological polar surface area (TPSA) is 48.5 Å². The molecule has 2 aliphatic heterocycles. The molecule has 0 unspecified atom stereocenters. The molecule has 0 radical (unpaired) electrons. The second kappa shape index (κ2) is 7.00. The van der Waals surface area contributed by atoms with Gasteiger partial charge in [-0.15, -0.1) is 11.3 Å². The zero-order valence-corrected chi connectivity index (χ0v) is 15.2. The smallest absolute Gasteiger partial charge is 0.318 e. The summed E-state index contributed by atoms with van der Waals surface area (Å²) in [5.41, 5.74) is 0.0410. The third-order valence-electron chi connectivity index (χ3n) is 5.70. The van der Waals surface area contributed by atoms with Gasteiger partial charge in [0.05, 0.1) is 11.6 Å². The van der Waals surface area contributed by atoms with Crippen LogP contribution in [0.4, 0.5) is 4.79 Å². The molecule has 3 fully saturated rings. The lowest BCUT2D eigenvalue weighted by Gasteiger charge is -2.37. The van der Waals surface area contributed by atoms with Gasteiger partial charge in [-0.25, -0.2) is 9.78 Å². The van der Waals surface area contributed by atoms with Crippen molar-refractivity contribution in [3.05, 3.63) is 16.6 Å². The molecular formula is C18H28N4OS. The van der Waals surface area contributed by atoms with Crippen molar-refractivity contribution in [3.8, 4) is 0 Å². The number of urea groups is 1. The maximum absolute atomic E-state index is 13.0. The van der Waals surface area contributed by atoms with Crippen molar-refractivity contribution in [3.63, 3.8) is 0 Å². The monoisotopic (exact) mass is 348 g/mol. The molecule has 1 N–H and O–H groups in total. The number of likely N-dealkylation sites (tertiary alicyclic amines) is 2. The number of nitrogens with zero attached hydrogens (tertiary/aromatic N) is 3. The molecule has 2 saturated heterocycles. The van der Waals surface area contributed by atoms with E-state index in [4.69, 9.17) is 0 Å². The molecule has 1 aromatic rings. The van der Waals surface area contributed by atoms with E-state index in [9.17, 15) is 4.79 Å². The molecule has 132 valence electrons. The Hall–Kier alpha value is -1.14. The van der Waals surface area contributed by atoms with Gasteiger partial charge in [0.15, 0.2) is 0 Å². The number of carbonyl (C=O) groups is 1. The predicted molar refractivity (Wildman–Crippen MR) is 96.2 cm³/mol. The van der Waals surface area contributed by atoms with Gasteiger partial charge in [-0.1, -0.05) is 6.42 Å². The molecule has 4 rings (SSSR count). The van der Waals surface area contributed by atoms with Crippen molar-refractivity contribution in [2.45, 2.75) is 62.9 Å². The van der Waals surface area contributed by atoms with Crippen LogP contribution in [0, 0.1) is 0 Å². The van der Waals surface area contributed by atoms with Gasteiger partial charge in [-0.05, 0) is 58.0 Å². The maximum atomic E-state index is 13.0. The van der Waals surface area contributed by atoms with E-state index in [0.717, 1.165) is 43.8 Å². The lowest BCUT2D eigenvalue weighted by molar-refractivity contribution is 0.139. The van der Waals surface area contributed by atoms with Crippen molar-refractivity contribution < 1.29 is 4.79 Å². The molecule has 3 heterocycles. The fourth-order valence-corrected chi connectivity index (χ4v) is 4.93. The van der Waals surface area contributed by atoms with Gasteiger partial charge in [-0.2, -0.15) is 0 Å². The number of amides is 2. The summed E-state index contributed by atoms with van der Waals surface area (Å²) in [6.07, 6.45) is 11.4. The first-order valence-corrected chi connectivity index (χ1v) is 10.3. The standard InChI is InChI=1S/C18H28N4OS/c23-17(20-18(7-8-18)14-21-10-3-1-4-11-21)22-12-5-2-6-15(22)16-19-9-13-24-16/h9,13,15H,1-8,10-12,14H2,(H,20,23)/t15-/m1/s1. The summed E-state index contributed by atoms with van der Waals surface area (Å²) in [7, 11) is 0. The summed E-state index contributed by atoms with van der Waals surface area (Å²) in [5, 5.41) is 6.50. The Morgan fingerprint density at radius 2 is 2.00 bits per heavy atom. The van der Waals surface area contributed by atoms with E-state index in [2.05, 4.69) is 15.2 Å². The van der Waals surface area contributed by atoms with Gasteiger partial charge in [0.1, 0.15) is 5.01 Å². The third kappa shape index (κ3) is 3.59. The third-order valence-corrected chi connectivity index (χ3v) is 6.58. The van der Waals surface area contributed by atoms with Gasteiger partial charge in [0.2, 0.25) is 0 Å². The van der Waals surface area contributed by atoms with Crippen LogP contribution < -0.4 is 5.32 Å². The van der Waals surface area contributed by atoms with Gasteiger partial charge < -0.3 is 15.1 Å². The highest BCUT2D eigenvalue weighted by Gasteiger charge is 2.46. The summed E-state index contributed by atoms with van der Waals surface area (Å²) < 4.78 is 0. The van der Waals surface area contributed by atoms with Crippen LogP contribution in [0.3, 0.4) is 0 Å². The summed E-state index contributed by atoms with van der Waals surface area (Å²) in [4.78, 5) is 22.0. The average Bonchev–Trinajstić information content (AvgIpc) is 3.14. The Morgan fingerprint density at radius 1 is 1.21 bits per heavy atom. The molecule has 0 bridgehead atoms. The Kier molecular flexibility index (Phi) is 4.77. The van der Waals surface area contributed by atoms with E-state index < -0.39 is 0 Å². The maximum Gasteiger partial charge on any atom is 0.318 e. The summed E-state index contributed by atoms with van der Waals surface area (Å²) >= 11 is 1.67. The molecular weight excluding hydrogens is 320 g/mol. The largest absolute Gasteiger partial charge is 0.331 e. The van der Waals surface area contributed by atoms with Crippen molar-refractivity contribution >= 4 is 17.4 Å². The highest BCUT2D eigenvalue weighted by atomic mass is 32.1. The van der Waals surface area contributed by atoms with E-state index in [1.165, 1.54) is 38.8 Å². The second-order valence-corrected chi connectivity index (χ2v) is 8.55. The fourth-order valence-electron chi connectivity index (χ4n) is 4.15. The quantitative estimate of drug-likeness (QED) is 0.907. The zero-order valence-electron chi connectivity index (χ0n) is 14.4. The van der Waals surface area contributed by atoms with E-state index in [1.807, 2.05) is 16.5 Å². The molecule has 1 atom stereocenters. The number of nitrogens with one attached hydrogen (secondary N) is 1. The van der Waals surface area contributed by atoms with Gasteiger partial charge >= 0.3 is 6.03 Å². The molecule has 24 heavy (non-hydrogen) atoms. The first-order valence-electron chi connectivity index (χ1n) is 9.46. The van der Waals surface area contributed by atoms with Crippen LogP contribution in [0.5, 0.6) is 0 Å². The molecule has 1 aromatic heterocycles. The SMILES string of the molecule is O=C(NC1(CN2CCCCC2)CC1)N1CCCC[C@@H]1c1nccs1. The minimum atomic E-state index is 0.0410. The van der Waals surface area contributed by atoms with Gasteiger partial charge in [0.25, 0.3) is 0 Å². The number of thiazole rings is 1. The highest BCUT2D eigenvalue weighted by molar-refractivity contribution is 7.09. The van der Waals surface area contributed by atoms with Crippen LogP contribution in [0.1, 0.15) is 62.4 Å². The zero-order chi connectivity index (χ0) is 16.4. The van der Waals surface area contributed by atoms with Crippen molar-refractivity contribution in [1.82, 2.24) is 20.1 Å². The number of hydrogen-bond acceptors (Lipinski definition) is 4. The van der Waals surface area contributed by atoms with E-state index >= 15 is 0 Å². The van der Waals surface area contributed by atoms with Crippen LogP contribution in [-0.4, -0.2) is 52.5 Å². The van der Waals surface area contributed by atoms with Crippen molar-refractivity contribution in [2.24, 2.45) is 0 Å². The number of aromatic nitrogens is 1. The van der Waals surface area contributed by atoms with Crippen LogP contribution in [-0.2, 0) is 0 Å². The normalized spacial score (nSPS) is 27.0. The molecule has 1 saturated carbocycles. The molecule has 2 amide bonds. The van der Waals surface area contributed by atoms with Crippen LogP contribution in [0.25, 0.3) is 0 Å². The first-order chi connectivity index (χ1) is 11.8. The van der Waals surface area contributed by atoms with Crippen LogP contribution >= 0.6 is 11.3 Å². The first kappa shape index (κ1) is 16.3. The number of hydrogen-bond donors (Lipinski definition) is 1. The van der Waals surface area contributed by atoms with E-state index in [-0.39, 0.29) is 17.6 Å². The predicted octanol–water partition coefficient (Wildman–Crippen LogP) is 3.40. The Bertz CT molecular complexity index is 551. The number of piperidine rings is 2. The molecule has 0 aromatic carbocycles. The number of carbonyl (C=O) groups excluding carboxylic acids is 1. The summed E-state index contributed by atoms with van der Waals surface area (Å²) in [5.74, 6) is 0. The van der Waals surface area contributed by atoms with Crippen LogP contribution in [0.2, 0.25) is 0 Å². The Balaban J connectivity index is 1.39. The van der Waals surface area contributed by atoms with Gasteiger partial charge in [-0.3, -0.25) is 0 Å². The van der Waals surface area contributed by atoms with Gasteiger partial charge in [0, 0.05) is 24.7 Å². The molecule has 1 aliphatic carbocycles. The number of rotatable bonds is 4. The molecule has 6 heteroatoms. The lowest BCUT2D eigenvalue weighted by Crippen LogP contribution is -2.53. The van der Waals surface area contributed by atoms with Crippen LogP contribution in [0.15, 0.2) is 11.6 Å². The molecule has 3 aliphatic rings. The summed E-state index contributed by atoms with van der Waals surface area (Å²) in [6.45, 7) is 4.29. The lowest BCUT2D eigenvalue weighted by atomic mass is 10.0. The minimum absolute atomic E-state index is 0.0410.